The molecule has 184 valence electrons. The molecule has 0 saturated carbocycles. The summed E-state index contributed by atoms with van der Waals surface area (Å²) in [5.74, 6) is 1.98. The second-order valence-corrected chi connectivity index (χ2v) is 9.59. The summed E-state index contributed by atoms with van der Waals surface area (Å²) in [7, 11) is 0. The van der Waals surface area contributed by atoms with E-state index in [1.54, 1.807) is 23.2 Å². The molecule has 1 fully saturated rings. The first-order valence-electron chi connectivity index (χ1n) is 11.8. The quantitative estimate of drug-likeness (QED) is 0.544. The molecule has 10 heteroatoms. The molecule has 0 spiro atoms. The summed E-state index contributed by atoms with van der Waals surface area (Å²) in [5.41, 5.74) is 0.612. The lowest BCUT2D eigenvalue weighted by Crippen LogP contribution is -2.54. The van der Waals surface area contributed by atoms with Gasteiger partial charge in [-0.3, -0.25) is 4.57 Å². The van der Waals surface area contributed by atoms with Crippen molar-refractivity contribution in [3.8, 4) is 17.6 Å². The third-order valence-electron chi connectivity index (χ3n) is 5.66. The van der Waals surface area contributed by atoms with Crippen LogP contribution in [0.2, 0.25) is 0 Å². The van der Waals surface area contributed by atoms with Gasteiger partial charge in [0, 0.05) is 31.9 Å². The molecule has 10 nitrogen and oxygen atoms in total. The van der Waals surface area contributed by atoms with Crippen LogP contribution >= 0.6 is 0 Å². The van der Waals surface area contributed by atoms with Crippen molar-refractivity contribution >= 4 is 22.9 Å². The maximum Gasteiger partial charge on any atom is 0.410 e. The van der Waals surface area contributed by atoms with Crippen LogP contribution in [0.4, 0.5) is 10.6 Å². The number of nitrogens with zero attached hydrogens (tertiary/aromatic N) is 7. The minimum Gasteiger partial charge on any atom is -0.491 e. The summed E-state index contributed by atoms with van der Waals surface area (Å²) in [6.45, 7) is 11.9. The predicted octanol–water partition coefficient (Wildman–Crippen LogP) is 3.92. The van der Waals surface area contributed by atoms with E-state index in [-0.39, 0.29) is 12.1 Å². The number of pyridine rings is 1. The Morgan fingerprint density at radius 2 is 2.06 bits per heavy atom. The van der Waals surface area contributed by atoms with Crippen molar-refractivity contribution in [3.63, 3.8) is 0 Å². The highest BCUT2D eigenvalue weighted by Gasteiger charge is 2.32. The van der Waals surface area contributed by atoms with Crippen LogP contribution in [-0.2, 0) is 4.74 Å². The summed E-state index contributed by atoms with van der Waals surface area (Å²) < 4.78 is 13.5. The topological polar surface area (TPSA) is 109 Å². The van der Waals surface area contributed by atoms with Crippen molar-refractivity contribution in [2.75, 3.05) is 31.1 Å². The molecule has 0 N–H and O–H groups in total. The molecule has 0 aliphatic carbocycles. The lowest BCUT2D eigenvalue weighted by Gasteiger charge is -2.41. The fourth-order valence-electron chi connectivity index (χ4n) is 4.11. The highest BCUT2D eigenvalue weighted by molar-refractivity contribution is 5.95. The maximum absolute atomic E-state index is 12.6. The highest BCUT2D eigenvalue weighted by Crippen LogP contribution is 2.36. The van der Waals surface area contributed by atoms with E-state index in [1.165, 1.54) is 6.33 Å². The van der Waals surface area contributed by atoms with Gasteiger partial charge in [-0.25, -0.2) is 19.7 Å². The number of fused-ring (bicyclic) bond motifs is 1. The predicted molar refractivity (Wildman–Crippen MR) is 132 cm³/mol. The van der Waals surface area contributed by atoms with Crippen LogP contribution in [0.15, 0.2) is 30.9 Å². The number of ether oxygens (including phenoxy) is 2. The first-order chi connectivity index (χ1) is 16.7. The number of anilines is 1. The maximum atomic E-state index is 12.6. The monoisotopic (exact) mass is 477 g/mol. The van der Waals surface area contributed by atoms with Crippen molar-refractivity contribution in [3.05, 3.63) is 36.4 Å². The van der Waals surface area contributed by atoms with Crippen LogP contribution in [-0.4, -0.2) is 68.4 Å². The molecule has 1 aliphatic heterocycles. The van der Waals surface area contributed by atoms with Gasteiger partial charge in [-0.05, 0) is 46.2 Å². The minimum atomic E-state index is -0.540. The third-order valence-corrected chi connectivity index (χ3v) is 5.66. The normalized spacial score (nSPS) is 16.3. The van der Waals surface area contributed by atoms with E-state index in [9.17, 15) is 10.1 Å². The lowest BCUT2D eigenvalue weighted by molar-refractivity contribution is 0.0218. The molecule has 0 bridgehead atoms. The average Bonchev–Trinajstić information content (AvgIpc) is 3.20. The smallest absolute Gasteiger partial charge is 0.410 e. The summed E-state index contributed by atoms with van der Waals surface area (Å²) in [6.07, 6.45) is 5.52. The molecule has 0 radical (unpaired) electrons. The molecule has 1 unspecified atom stereocenters. The zero-order chi connectivity index (χ0) is 25.2. The Kier molecular flexibility index (Phi) is 6.78. The van der Waals surface area contributed by atoms with Gasteiger partial charge in [0.05, 0.1) is 24.4 Å². The second kappa shape index (κ2) is 9.78. The highest BCUT2D eigenvalue weighted by atomic mass is 16.6. The van der Waals surface area contributed by atoms with E-state index < -0.39 is 5.60 Å². The summed E-state index contributed by atoms with van der Waals surface area (Å²) in [4.78, 5) is 30.1. The zero-order valence-electron chi connectivity index (χ0n) is 20.9. The molecule has 0 aromatic carbocycles. The molecular weight excluding hydrogens is 446 g/mol. The molecule has 4 heterocycles. The number of amides is 1. The van der Waals surface area contributed by atoms with Gasteiger partial charge in [-0.15, -0.1) is 0 Å². The van der Waals surface area contributed by atoms with E-state index in [0.717, 1.165) is 17.6 Å². The van der Waals surface area contributed by atoms with Crippen molar-refractivity contribution in [2.24, 2.45) is 0 Å². The van der Waals surface area contributed by atoms with Gasteiger partial charge in [0.2, 0.25) is 0 Å². The Balaban J connectivity index is 1.71. The van der Waals surface area contributed by atoms with Crippen LogP contribution in [0, 0.1) is 11.3 Å². The number of carbonyl (C=O) groups excluding carboxylic acids is 1. The second-order valence-electron chi connectivity index (χ2n) is 9.59. The van der Waals surface area contributed by atoms with E-state index in [4.69, 9.17) is 9.47 Å². The number of hydrogen-bond donors (Lipinski definition) is 0. The first-order valence-corrected chi connectivity index (χ1v) is 11.8. The van der Waals surface area contributed by atoms with Gasteiger partial charge >= 0.3 is 6.09 Å². The number of aromatic nitrogens is 4. The number of hydrogen-bond acceptors (Lipinski definition) is 8. The molecule has 1 atom stereocenters. The van der Waals surface area contributed by atoms with Crippen LogP contribution in [0.3, 0.4) is 0 Å². The lowest BCUT2D eigenvalue weighted by atomic mass is 10.1. The number of piperazine rings is 1. The van der Waals surface area contributed by atoms with Crippen molar-refractivity contribution < 1.29 is 14.3 Å². The van der Waals surface area contributed by atoms with Gasteiger partial charge in [-0.2, -0.15) is 5.26 Å². The van der Waals surface area contributed by atoms with Crippen LogP contribution in [0.25, 0.3) is 16.9 Å². The van der Waals surface area contributed by atoms with Crippen LogP contribution < -0.4 is 9.64 Å². The Hall–Kier alpha value is -3.87. The molecule has 3 aromatic rings. The number of carbonyl (C=O) groups is 1. The van der Waals surface area contributed by atoms with E-state index in [2.05, 4.69) is 32.8 Å². The van der Waals surface area contributed by atoms with Gasteiger partial charge < -0.3 is 19.3 Å². The zero-order valence-corrected chi connectivity index (χ0v) is 20.9. The molecule has 1 saturated heterocycles. The van der Waals surface area contributed by atoms with E-state index in [1.807, 2.05) is 38.5 Å². The molecule has 1 aliphatic rings. The fraction of sp³-hybridized carbons (Fsp3) is 0.480. The van der Waals surface area contributed by atoms with Gasteiger partial charge in [0.15, 0.2) is 11.4 Å². The van der Waals surface area contributed by atoms with E-state index >= 15 is 0 Å². The Labute approximate surface area is 205 Å². The molecule has 35 heavy (non-hydrogen) atoms. The van der Waals surface area contributed by atoms with Crippen LogP contribution in [0.5, 0.6) is 5.75 Å². The van der Waals surface area contributed by atoms with Gasteiger partial charge in [0.1, 0.15) is 29.0 Å². The van der Waals surface area contributed by atoms with Crippen molar-refractivity contribution in [1.29, 1.82) is 5.26 Å². The number of nitriles is 1. The third kappa shape index (κ3) is 5.14. The Bertz CT molecular complexity index is 1260. The van der Waals surface area contributed by atoms with Gasteiger partial charge in [-0.1, -0.05) is 6.92 Å². The summed E-state index contributed by atoms with van der Waals surface area (Å²) in [6, 6.07) is 5.53. The number of rotatable bonds is 5. The molecule has 3 aromatic heterocycles. The van der Waals surface area contributed by atoms with E-state index in [0.29, 0.717) is 49.0 Å². The largest absolute Gasteiger partial charge is 0.491 e. The van der Waals surface area contributed by atoms with Crippen molar-refractivity contribution in [1.82, 2.24) is 24.4 Å². The Morgan fingerprint density at radius 3 is 2.74 bits per heavy atom. The van der Waals surface area contributed by atoms with Crippen LogP contribution in [0.1, 0.15) is 46.6 Å². The minimum absolute atomic E-state index is 0.00298. The molecule has 4 rings (SSSR count). The summed E-state index contributed by atoms with van der Waals surface area (Å²) in [5, 5.41) is 10.1. The summed E-state index contributed by atoms with van der Waals surface area (Å²) >= 11 is 0. The van der Waals surface area contributed by atoms with Crippen molar-refractivity contribution in [2.45, 2.75) is 52.7 Å². The Morgan fingerprint density at radius 1 is 1.26 bits per heavy atom. The molecular formula is C25H31N7O3. The average molecular weight is 478 g/mol. The standard InChI is InChI=1S/C25H31N7O3/c1-6-11-34-19-15-32(20-12-18(13-26)7-8-27-20)23-21(19)22(28-16-29-23)31-10-9-30(14-17(31)2)24(33)35-25(3,4)5/h7-8,12,15-17H,6,9-11,14H2,1-5H3. The fourth-order valence-corrected chi connectivity index (χ4v) is 4.11. The SMILES string of the molecule is CCCOc1cn(-c2cc(C#N)ccn2)c2ncnc(N3CCN(C(=O)OC(C)(C)C)CC3C)c12. The molecule has 1 amide bonds. The first kappa shape index (κ1) is 24.3. The van der Waals surface area contributed by atoms with Gasteiger partial charge in [0.25, 0.3) is 0 Å².